The number of hydrogen-bond acceptors (Lipinski definition) is 4. The number of ether oxygens (including phenoxy) is 2. The number of rotatable bonds is 16. The molecule has 3 aromatic rings. The van der Waals surface area contributed by atoms with Gasteiger partial charge < -0.3 is 14.5 Å². The summed E-state index contributed by atoms with van der Waals surface area (Å²) < 4.78 is 10.6. The van der Waals surface area contributed by atoms with Crippen LogP contribution in [0.25, 0.3) is 10.9 Å². The molecular weight excluding hydrogens is 450 g/mol. The fourth-order valence-corrected chi connectivity index (χ4v) is 4.35. The second-order valence-electron chi connectivity index (χ2n) is 9.21. The summed E-state index contributed by atoms with van der Waals surface area (Å²) in [5.41, 5.74) is 3.47. The number of H-pyrrole nitrogens is 1. The molecule has 0 saturated carbocycles. The number of carbonyl (C=O) groups excluding carboxylic acids is 2. The Bertz CT molecular complexity index is 1130. The van der Waals surface area contributed by atoms with Crippen LogP contribution in [0.2, 0.25) is 0 Å². The molecule has 2 aromatic carbocycles. The molecule has 0 spiro atoms. The summed E-state index contributed by atoms with van der Waals surface area (Å²) >= 11 is 0. The van der Waals surface area contributed by atoms with Gasteiger partial charge in [-0.05, 0) is 55.5 Å². The zero-order chi connectivity index (χ0) is 25.6. The Morgan fingerprint density at radius 2 is 1.67 bits per heavy atom. The van der Waals surface area contributed by atoms with Gasteiger partial charge in [0.05, 0.1) is 12.7 Å². The lowest BCUT2D eigenvalue weighted by Gasteiger charge is -2.06. The zero-order valence-corrected chi connectivity index (χ0v) is 21.7. The van der Waals surface area contributed by atoms with E-state index in [-0.39, 0.29) is 18.4 Å². The van der Waals surface area contributed by atoms with Gasteiger partial charge in [-0.2, -0.15) is 0 Å². The molecule has 3 rings (SSSR count). The van der Waals surface area contributed by atoms with Crippen molar-refractivity contribution in [1.82, 2.24) is 4.98 Å². The summed E-state index contributed by atoms with van der Waals surface area (Å²) in [7, 11) is 1.62. The van der Waals surface area contributed by atoms with E-state index in [0.29, 0.717) is 19.3 Å². The SMILES string of the molecule is CCCCCCCC/C=C/C(=O)c1c(CCCC(=O)OCc2ccc(OC)cc2)[nH]c2ccccc12. The van der Waals surface area contributed by atoms with Crippen molar-refractivity contribution in [2.24, 2.45) is 0 Å². The molecule has 1 heterocycles. The molecule has 36 heavy (non-hydrogen) atoms. The number of hydrogen-bond donors (Lipinski definition) is 1. The van der Waals surface area contributed by atoms with E-state index in [1.165, 1.54) is 32.1 Å². The highest BCUT2D eigenvalue weighted by molar-refractivity contribution is 6.14. The number of aromatic nitrogens is 1. The molecule has 0 amide bonds. The maximum atomic E-state index is 13.1. The Hall–Kier alpha value is -3.34. The topological polar surface area (TPSA) is 68.4 Å². The molecule has 0 aliphatic rings. The molecule has 0 atom stereocenters. The molecule has 5 heteroatoms. The van der Waals surface area contributed by atoms with Crippen LogP contribution >= 0.6 is 0 Å². The van der Waals surface area contributed by atoms with Gasteiger partial charge in [-0.25, -0.2) is 0 Å². The lowest BCUT2D eigenvalue weighted by Crippen LogP contribution is -2.06. The molecule has 1 N–H and O–H groups in total. The molecule has 0 fully saturated rings. The number of nitrogens with one attached hydrogen (secondary N) is 1. The van der Waals surface area contributed by atoms with E-state index in [0.717, 1.165) is 46.3 Å². The molecule has 0 saturated heterocycles. The van der Waals surface area contributed by atoms with Crippen LogP contribution in [0.4, 0.5) is 0 Å². The first-order chi connectivity index (χ1) is 17.6. The highest BCUT2D eigenvalue weighted by atomic mass is 16.5. The number of fused-ring (bicyclic) bond motifs is 1. The van der Waals surface area contributed by atoms with E-state index in [1.54, 1.807) is 13.2 Å². The van der Waals surface area contributed by atoms with Crippen molar-refractivity contribution in [3.05, 3.63) is 77.5 Å². The van der Waals surface area contributed by atoms with Gasteiger partial charge in [0, 0.05) is 23.0 Å². The standard InChI is InChI=1S/C31H39NO4/c1-3-4-5-6-7-8-9-10-17-29(33)31-26-14-11-12-15-27(26)32-28(31)16-13-18-30(34)36-23-24-19-21-25(35-2)22-20-24/h10-12,14-15,17,19-22,32H,3-9,13,16,18,23H2,1-2H3/b17-10+. The predicted octanol–water partition coefficient (Wildman–Crippen LogP) is 7.73. The lowest BCUT2D eigenvalue weighted by atomic mass is 10.0. The fraction of sp³-hybridized carbons (Fsp3) is 0.419. The number of methoxy groups -OCH3 is 1. The van der Waals surface area contributed by atoms with Crippen LogP contribution in [-0.4, -0.2) is 23.8 Å². The maximum Gasteiger partial charge on any atom is 0.306 e. The van der Waals surface area contributed by atoms with Gasteiger partial charge in [0.15, 0.2) is 5.78 Å². The predicted molar refractivity (Wildman–Crippen MR) is 145 cm³/mol. The number of ketones is 1. The van der Waals surface area contributed by atoms with Crippen LogP contribution < -0.4 is 4.74 Å². The minimum Gasteiger partial charge on any atom is -0.497 e. The van der Waals surface area contributed by atoms with Crippen molar-refractivity contribution in [1.29, 1.82) is 0 Å². The van der Waals surface area contributed by atoms with Crippen LogP contribution in [0.3, 0.4) is 0 Å². The quantitative estimate of drug-likeness (QED) is 0.0967. The molecule has 0 aliphatic carbocycles. The lowest BCUT2D eigenvalue weighted by molar-refractivity contribution is -0.145. The summed E-state index contributed by atoms with van der Waals surface area (Å²) in [6, 6.07) is 15.3. The van der Waals surface area contributed by atoms with E-state index in [9.17, 15) is 9.59 Å². The van der Waals surface area contributed by atoms with E-state index in [2.05, 4.69) is 11.9 Å². The van der Waals surface area contributed by atoms with Crippen molar-refractivity contribution >= 4 is 22.7 Å². The number of allylic oxidation sites excluding steroid dienone is 2. The fourth-order valence-electron chi connectivity index (χ4n) is 4.35. The number of esters is 1. The summed E-state index contributed by atoms with van der Waals surface area (Å²) in [6.45, 7) is 2.46. The Balaban J connectivity index is 1.51. The highest BCUT2D eigenvalue weighted by Crippen LogP contribution is 2.25. The second kappa shape index (κ2) is 14.9. The Labute approximate surface area is 214 Å². The Kier molecular flexibility index (Phi) is 11.3. The van der Waals surface area contributed by atoms with Crippen LogP contribution in [-0.2, 0) is 22.6 Å². The van der Waals surface area contributed by atoms with Crippen molar-refractivity contribution in [2.75, 3.05) is 7.11 Å². The molecule has 5 nitrogen and oxygen atoms in total. The molecule has 0 unspecified atom stereocenters. The number of aromatic amines is 1. The van der Waals surface area contributed by atoms with E-state index >= 15 is 0 Å². The third kappa shape index (κ3) is 8.40. The Morgan fingerprint density at radius 3 is 2.44 bits per heavy atom. The molecule has 0 aliphatic heterocycles. The van der Waals surface area contributed by atoms with Gasteiger partial charge in [-0.15, -0.1) is 0 Å². The third-order valence-corrected chi connectivity index (χ3v) is 6.39. The first-order valence-corrected chi connectivity index (χ1v) is 13.2. The highest BCUT2D eigenvalue weighted by Gasteiger charge is 2.16. The number of carbonyl (C=O) groups is 2. The number of aryl methyl sites for hydroxylation is 1. The van der Waals surface area contributed by atoms with Crippen molar-refractivity contribution in [3.8, 4) is 5.75 Å². The average molecular weight is 490 g/mol. The summed E-state index contributed by atoms with van der Waals surface area (Å²) in [6.07, 6.45) is 13.6. The van der Waals surface area contributed by atoms with Gasteiger partial charge in [-0.1, -0.05) is 75.4 Å². The van der Waals surface area contributed by atoms with Gasteiger partial charge in [0.2, 0.25) is 0 Å². The normalized spacial score (nSPS) is 11.3. The van der Waals surface area contributed by atoms with Crippen LogP contribution in [0.15, 0.2) is 60.7 Å². The summed E-state index contributed by atoms with van der Waals surface area (Å²) in [4.78, 5) is 28.8. The molecule has 1 aromatic heterocycles. The van der Waals surface area contributed by atoms with Crippen LogP contribution in [0, 0.1) is 0 Å². The van der Waals surface area contributed by atoms with E-state index in [1.807, 2.05) is 54.6 Å². The van der Waals surface area contributed by atoms with Gasteiger partial charge in [0.25, 0.3) is 0 Å². The second-order valence-corrected chi connectivity index (χ2v) is 9.21. The zero-order valence-electron chi connectivity index (χ0n) is 21.7. The molecule has 0 bridgehead atoms. The molecular formula is C31H39NO4. The summed E-state index contributed by atoms with van der Waals surface area (Å²) in [5.74, 6) is 0.551. The van der Waals surface area contributed by atoms with E-state index < -0.39 is 0 Å². The molecule has 0 radical (unpaired) electrons. The number of unbranched alkanes of at least 4 members (excludes halogenated alkanes) is 6. The van der Waals surface area contributed by atoms with Crippen molar-refractivity contribution < 1.29 is 19.1 Å². The van der Waals surface area contributed by atoms with Gasteiger partial charge >= 0.3 is 5.97 Å². The van der Waals surface area contributed by atoms with Gasteiger partial charge in [-0.3, -0.25) is 9.59 Å². The monoisotopic (exact) mass is 489 g/mol. The smallest absolute Gasteiger partial charge is 0.306 e. The number of para-hydroxylation sites is 1. The minimum absolute atomic E-state index is 0.0236. The van der Waals surface area contributed by atoms with Crippen molar-refractivity contribution in [2.45, 2.75) is 77.7 Å². The maximum absolute atomic E-state index is 13.1. The average Bonchev–Trinajstić information content (AvgIpc) is 3.27. The van der Waals surface area contributed by atoms with Crippen LogP contribution in [0.1, 0.15) is 86.3 Å². The summed E-state index contributed by atoms with van der Waals surface area (Å²) in [5, 5.41) is 0.934. The minimum atomic E-state index is -0.242. The van der Waals surface area contributed by atoms with E-state index in [4.69, 9.17) is 9.47 Å². The van der Waals surface area contributed by atoms with Crippen LogP contribution in [0.5, 0.6) is 5.75 Å². The largest absolute Gasteiger partial charge is 0.497 e. The van der Waals surface area contributed by atoms with Gasteiger partial charge in [0.1, 0.15) is 12.4 Å². The number of benzene rings is 2. The first-order valence-electron chi connectivity index (χ1n) is 13.2. The first kappa shape index (κ1) is 27.3. The third-order valence-electron chi connectivity index (χ3n) is 6.39. The van der Waals surface area contributed by atoms with Crippen molar-refractivity contribution in [3.63, 3.8) is 0 Å². The molecule has 192 valence electrons. The Morgan fingerprint density at radius 1 is 0.917 bits per heavy atom.